The molecule has 3 aromatic carbocycles. The highest BCUT2D eigenvalue weighted by Gasteiger charge is 2.31. The minimum Gasteiger partial charge on any atom is -0.406 e. The van der Waals surface area contributed by atoms with Gasteiger partial charge in [0.1, 0.15) is 12.1 Å². The molecule has 2 amide bonds. The number of hydrogen-bond donors (Lipinski definition) is 1. The van der Waals surface area contributed by atoms with E-state index in [1.54, 1.807) is 0 Å². The fraction of sp³-hybridized carbons (Fsp3) is 0.273. The molecule has 0 bridgehead atoms. The number of anilines is 1. The average Bonchev–Trinajstić information content (AvgIpc) is 3.50. The summed E-state index contributed by atoms with van der Waals surface area (Å²) in [5, 5.41) is 6.62. The molecule has 246 valence electrons. The Labute approximate surface area is 272 Å². The van der Waals surface area contributed by atoms with Crippen molar-refractivity contribution in [2.24, 2.45) is 4.99 Å². The number of benzene rings is 3. The van der Waals surface area contributed by atoms with E-state index in [1.807, 2.05) is 42.3 Å². The van der Waals surface area contributed by atoms with E-state index in [0.29, 0.717) is 16.4 Å². The van der Waals surface area contributed by atoms with Crippen LogP contribution in [-0.4, -0.2) is 44.1 Å². The Balaban J connectivity index is 1.29. The number of urea groups is 1. The molecule has 1 unspecified atom stereocenters. The van der Waals surface area contributed by atoms with Gasteiger partial charge in [-0.05, 0) is 67.6 Å². The Hall–Kier alpha value is -4.72. The minimum atomic E-state index is -4.81. The molecule has 0 aliphatic carbocycles. The van der Waals surface area contributed by atoms with Gasteiger partial charge in [-0.25, -0.2) is 18.9 Å². The molecular formula is C33H31F5N6O2S. The lowest BCUT2D eigenvalue weighted by molar-refractivity contribution is -0.274. The van der Waals surface area contributed by atoms with Crippen molar-refractivity contribution in [1.82, 2.24) is 20.1 Å². The highest BCUT2D eigenvalue weighted by molar-refractivity contribution is 8.14. The first-order valence-corrected chi connectivity index (χ1v) is 15.6. The van der Waals surface area contributed by atoms with E-state index in [2.05, 4.69) is 33.7 Å². The van der Waals surface area contributed by atoms with Crippen LogP contribution in [0.1, 0.15) is 49.8 Å². The second-order valence-corrected chi connectivity index (χ2v) is 12.2. The van der Waals surface area contributed by atoms with Gasteiger partial charge in [-0.15, -0.1) is 18.3 Å². The van der Waals surface area contributed by atoms with E-state index < -0.39 is 24.2 Å². The molecule has 1 aromatic heterocycles. The summed E-state index contributed by atoms with van der Waals surface area (Å²) in [6.45, 7) is 8.26. The average molecular weight is 671 g/mol. The predicted molar refractivity (Wildman–Crippen MR) is 173 cm³/mol. The maximum Gasteiger partial charge on any atom is 0.573 e. The van der Waals surface area contributed by atoms with Gasteiger partial charge in [0.2, 0.25) is 5.95 Å². The number of rotatable bonds is 7. The first-order valence-electron chi connectivity index (χ1n) is 14.7. The van der Waals surface area contributed by atoms with Crippen molar-refractivity contribution in [2.45, 2.75) is 52.4 Å². The number of halogens is 5. The summed E-state index contributed by atoms with van der Waals surface area (Å²) in [6, 6.07) is 15.5. The van der Waals surface area contributed by atoms with Crippen LogP contribution in [0.25, 0.3) is 22.9 Å². The molecule has 5 rings (SSSR count). The van der Waals surface area contributed by atoms with Crippen LogP contribution < -0.4 is 15.0 Å². The second-order valence-electron chi connectivity index (χ2n) is 11.1. The molecule has 0 saturated carbocycles. The Morgan fingerprint density at radius 1 is 1.06 bits per heavy atom. The lowest BCUT2D eigenvalue weighted by Crippen LogP contribution is -2.42. The second kappa shape index (κ2) is 14.0. The maximum atomic E-state index is 15.1. The Morgan fingerprint density at radius 2 is 1.77 bits per heavy atom. The standard InChI is InChI=1S/C33H31F5N6O2S/c1-19(2)27-20(3)6-5-7-26(27)44-21(4)16-17-47-32(44)41-31(45)40-29(35)28(34)22-8-10-23(11-9-22)30-39-18-43(42-30)24-12-14-25(15-13-24)46-33(36,37)38/h5-15,18-19,21H,16-17H2,1-4H3,(H,40,45)/b29-28-,41-32-. The van der Waals surface area contributed by atoms with Gasteiger partial charge >= 0.3 is 12.4 Å². The van der Waals surface area contributed by atoms with Crippen molar-refractivity contribution in [3.63, 3.8) is 0 Å². The number of alkyl halides is 3. The molecule has 1 atom stereocenters. The quantitative estimate of drug-likeness (QED) is 0.156. The summed E-state index contributed by atoms with van der Waals surface area (Å²) in [5.41, 5.74) is 3.93. The van der Waals surface area contributed by atoms with E-state index in [0.717, 1.165) is 41.1 Å². The largest absolute Gasteiger partial charge is 0.573 e. The predicted octanol–water partition coefficient (Wildman–Crippen LogP) is 8.93. The number of amidine groups is 1. The van der Waals surface area contributed by atoms with Crippen LogP contribution in [-0.2, 0) is 0 Å². The number of amides is 2. The van der Waals surface area contributed by atoms with E-state index in [-0.39, 0.29) is 29.1 Å². The van der Waals surface area contributed by atoms with Crippen molar-refractivity contribution >= 4 is 34.5 Å². The molecule has 1 saturated heterocycles. The summed E-state index contributed by atoms with van der Waals surface area (Å²) in [6.07, 6.45) is -2.59. The van der Waals surface area contributed by atoms with E-state index in [9.17, 15) is 22.4 Å². The number of aliphatic imine (C=N–C) groups is 1. The van der Waals surface area contributed by atoms with Gasteiger partial charge in [0.05, 0.1) is 5.69 Å². The Morgan fingerprint density at radius 3 is 2.43 bits per heavy atom. The third-order valence-electron chi connectivity index (χ3n) is 7.38. The number of aromatic nitrogens is 3. The van der Waals surface area contributed by atoms with Crippen LogP contribution >= 0.6 is 11.8 Å². The Kier molecular flexibility index (Phi) is 9.99. The van der Waals surface area contributed by atoms with Crippen molar-refractivity contribution in [1.29, 1.82) is 0 Å². The zero-order valence-corrected chi connectivity index (χ0v) is 26.7. The summed E-state index contributed by atoms with van der Waals surface area (Å²) >= 11 is 1.38. The molecule has 47 heavy (non-hydrogen) atoms. The number of nitrogens with one attached hydrogen (secondary N) is 1. The lowest BCUT2D eigenvalue weighted by atomic mass is 9.95. The van der Waals surface area contributed by atoms with Crippen LogP contribution in [0.3, 0.4) is 0 Å². The van der Waals surface area contributed by atoms with E-state index in [4.69, 9.17) is 0 Å². The summed E-state index contributed by atoms with van der Waals surface area (Å²) in [7, 11) is 0. The Bertz CT molecular complexity index is 1800. The normalized spacial score (nSPS) is 16.8. The highest BCUT2D eigenvalue weighted by Crippen LogP contribution is 2.36. The highest BCUT2D eigenvalue weighted by atomic mass is 32.2. The molecule has 1 N–H and O–H groups in total. The van der Waals surface area contributed by atoms with Gasteiger partial charge in [0.15, 0.2) is 16.8 Å². The van der Waals surface area contributed by atoms with Gasteiger partial charge in [-0.3, -0.25) is 5.32 Å². The van der Waals surface area contributed by atoms with Crippen LogP contribution in [0.15, 0.2) is 84.0 Å². The summed E-state index contributed by atoms with van der Waals surface area (Å²) < 4.78 is 72.5. The van der Waals surface area contributed by atoms with Gasteiger partial charge in [-0.2, -0.15) is 9.38 Å². The van der Waals surface area contributed by atoms with Gasteiger partial charge in [0.25, 0.3) is 0 Å². The third-order valence-corrected chi connectivity index (χ3v) is 8.37. The SMILES string of the molecule is Cc1cccc(N2/C(=N/C(=O)N/C(F)=C(\F)c3ccc(-c4ncn(-c5ccc(OC(F)(F)F)cc5)n4)cc3)SCCC2C)c1C(C)C. The van der Waals surface area contributed by atoms with Crippen molar-refractivity contribution in [2.75, 3.05) is 10.7 Å². The summed E-state index contributed by atoms with van der Waals surface area (Å²) in [4.78, 5) is 23.1. The topological polar surface area (TPSA) is 84.6 Å². The molecule has 14 heteroatoms. The lowest BCUT2D eigenvalue weighted by Gasteiger charge is -2.37. The number of ether oxygens (including phenoxy) is 1. The first kappa shape index (κ1) is 33.6. The fourth-order valence-electron chi connectivity index (χ4n) is 5.24. The number of hydrogen-bond acceptors (Lipinski definition) is 5. The summed E-state index contributed by atoms with van der Waals surface area (Å²) in [5.74, 6) is -1.97. The zero-order chi connectivity index (χ0) is 33.9. The zero-order valence-electron chi connectivity index (χ0n) is 25.8. The number of carbonyl (C=O) groups excluding carboxylic acids is 1. The molecule has 1 aliphatic heterocycles. The maximum absolute atomic E-state index is 15.1. The van der Waals surface area contributed by atoms with Gasteiger partial charge in [0, 0.05) is 28.6 Å². The number of carbonyl (C=O) groups is 1. The van der Waals surface area contributed by atoms with Crippen LogP contribution in [0.4, 0.5) is 32.4 Å². The smallest absolute Gasteiger partial charge is 0.406 e. The first-order chi connectivity index (χ1) is 22.3. The van der Waals surface area contributed by atoms with Crippen LogP contribution in [0, 0.1) is 6.92 Å². The van der Waals surface area contributed by atoms with Crippen LogP contribution in [0.2, 0.25) is 0 Å². The van der Waals surface area contributed by atoms with Crippen molar-refractivity contribution in [3.05, 3.63) is 95.7 Å². The molecule has 4 aromatic rings. The molecule has 1 aliphatic rings. The molecule has 8 nitrogen and oxygen atoms in total. The minimum absolute atomic E-state index is 0.0389. The molecule has 0 radical (unpaired) electrons. The number of nitrogens with zero attached hydrogens (tertiary/aromatic N) is 5. The van der Waals surface area contributed by atoms with E-state index in [1.165, 1.54) is 59.2 Å². The molecule has 0 spiro atoms. The molecule has 1 fully saturated rings. The monoisotopic (exact) mass is 670 g/mol. The fourth-order valence-corrected chi connectivity index (χ4v) is 6.44. The van der Waals surface area contributed by atoms with Gasteiger partial charge < -0.3 is 9.64 Å². The van der Waals surface area contributed by atoms with Gasteiger partial charge in [-0.1, -0.05) is 62.0 Å². The number of aryl methyl sites for hydroxylation is 1. The van der Waals surface area contributed by atoms with E-state index >= 15 is 4.39 Å². The van der Waals surface area contributed by atoms with Crippen LogP contribution in [0.5, 0.6) is 5.75 Å². The third kappa shape index (κ3) is 7.99. The van der Waals surface area contributed by atoms with Crippen molar-refractivity contribution < 1.29 is 31.5 Å². The number of thioether (sulfide) groups is 1. The molecule has 2 heterocycles. The molecular weight excluding hydrogens is 639 g/mol. The van der Waals surface area contributed by atoms with Crippen molar-refractivity contribution in [3.8, 4) is 22.8 Å².